The van der Waals surface area contributed by atoms with Gasteiger partial charge in [0.2, 0.25) is 0 Å². The molecule has 0 aliphatic carbocycles. The zero-order valence-corrected chi connectivity index (χ0v) is 18.3. The Morgan fingerprint density at radius 2 is 2.03 bits per heavy atom. The highest BCUT2D eigenvalue weighted by Gasteiger charge is 2.23. The molecule has 0 saturated carbocycles. The third-order valence-corrected chi connectivity index (χ3v) is 6.30. The zero-order chi connectivity index (χ0) is 21.4. The Bertz CT molecular complexity index is 1250. The first-order valence-corrected chi connectivity index (χ1v) is 10.5. The molecule has 0 fully saturated rings. The van der Waals surface area contributed by atoms with Gasteiger partial charge in [-0.05, 0) is 31.2 Å². The molecule has 30 heavy (non-hydrogen) atoms. The van der Waals surface area contributed by atoms with E-state index in [1.165, 1.54) is 24.5 Å². The molecule has 2 aromatic carbocycles. The number of carbonyl (C=O) groups excluding carboxylic acids is 1. The van der Waals surface area contributed by atoms with Gasteiger partial charge in [-0.3, -0.25) is 4.57 Å². The molecule has 154 valence electrons. The number of ether oxygens (including phenoxy) is 2. The van der Waals surface area contributed by atoms with E-state index < -0.39 is 12.1 Å². The average Bonchev–Trinajstić information content (AvgIpc) is 3.33. The molecule has 4 rings (SSSR count). The van der Waals surface area contributed by atoms with E-state index in [0.717, 1.165) is 11.0 Å². The van der Waals surface area contributed by atoms with Crippen LogP contribution in [0, 0.1) is 0 Å². The maximum absolute atomic E-state index is 12.4. The van der Waals surface area contributed by atoms with Crippen LogP contribution in [0.1, 0.15) is 28.3 Å². The summed E-state index contributed by atoms with van der Waals surface area (Å²) in [7, 11) is 1.31. The fourth-order valence-electron chi connectivity index (χ4n) is 3.06. The molecule has 9 heteroatoms. The van der Waals surface area contributed by atoms with Crippen molar-refractivity contribution >= 4 is 51.5 Å². The van der Waals surface area contributed by atoms with Crippen molar-refractivity contribution in [1.29, 1.82) is 0 Å². The van der Waals surface area contributed by atoms with Gasteiger partial charge in [-0.15, -0.1) is 11.3 Å². The fourth-order valence-corrected chi connectivity index (χ4v) is 4.50. The highest BCUT2D eigenvalue weighted by molar-refractivity contribution is 7.16. The average molecular weight is 463 g/mol. The maximum atomic E-state index is 12.4. The second-order valence-electron chi connectivity index (χ2n) is 6.46. The lowest BCUT2D eigenvalue weighted by Crippen LogP contribution is -2.07. The second-order valence-corrected chi connectivity index (χ2v) is 8.30. The van der Waals surface area contributed by atoms with Crippen LogP contribution in [0.2, 0.25) is 10.0 Å². The minimum absolute atomic E-state index is 0.0365. The predicted octanol–water partition coefficient (Wildman–Crippen LogP) is 6.03. The van der Waals surface area contributed by atoms with Crippen molar-refractivity contribution in [3.05, 3.63) is 69.3 Å². The maximum Gasteiger partial charge on any atom is 0.351 e. The smallest absolute Gasteiger partial charge is 0.351 e. The SMILES string of the molecule is COC(=O)c1sc(-n2cnc3ccc(Cl)cc32)cc1O[C@H](C)c1cccc(O)c1Cl. The lowest BCUT2D eigenvalue weighted by atomic mass is 10.1. The molecule has 6 nitrogen and oxygen atoms in total. The molecular formula is C21H16Cl2N2O4S. The Hall–Kier alpha value is -2.74. The molecular weight excluding hydrogens is 447 g/mol. The number of rotatable bonds is 5. The van der Waals surface area contributed by atoms with Gasteiger partial charge in [-0.1, -0.05) is 35.3 Å². The monoisotopic (exact) mass is 462 g/mol. The van der Waals surface area contributed by atoms with Crippen molar-refractivity contribution in [3.63, 3.8) is 0 Å². The van der Waals surface area contributed by atoms with Crippen LogP contribution in [0.25, 0.3) is 16.0 Å². The molecule has 2 aromatic heterocycles. The molecule has 0 saturated heterocycles. The van der Waals surface area contributed by atoms with Gasteiger partial charge in [0.25, 0.3) is 0 Å². The third-order valence-electron chi connectivity index (χ3n) is 4.55. The summed E-state index contributed by atoms with van der Waals surface area (Å²) in [6, 6.07) is 12.1. The summed E-state index contributed by atoms with van der Waals surface area (Å²) >= 11 is 13.6. The number of aromatic hydroxyl groups is 1. The van der Waals surface area contributed by atoms with E-state index in [1.807, 2.05) is 10.6 Å². The number of methoxy groups -OCH3 is 1. The number of hydrogen-bond donors (Lipinski definition) is 1. The van der Waals surface area contributed by atoms with E-state index in [4.69, 9.17) is 32.7 Å². The lowest BCUT2D eigenvalue weighted by Gasteiger charge is -2.16. The van der Waals surface area contributed by atoms with Gasteiger partial charge in [0.1, 0.15) is 28.9 Å². The number of aromatic nitrogens is 2. The second kappa shape index (κ2) is 8.18. The van der Waals surface area contributed by atoms with Gasteiger partial charge in [0.15, 0.2) is 4.88 Å². The van der Waals surface area contributed by atoms with Crippen molar-refractivity contribution in [1.82, 2.24) is 9.55 Å². The number of nitrogens with zero attached hydrogens (tertiary/aromatic N) is 2. The summed E-state index contributed by atoms with van der Waals surface area (Å²) in [5, 5.41) is 11.4. The molecule has 0 spiro atoms. The molecule has 0 radical (unpaired) electrons. The summed E-state index contributed by atoms with van der Waals surface area (Å²) in [6.07, 6.45) is 1.14. The first kappa shape index (κ1) is 20.5. The number of thiophene rings is 1. The number of fused-ring (bicyclic) bond motifs is 1. The zero-order valence-electron chi connectivity index (χ0n) is 15.9. The van der Waals surface area contributed by atoms with Crippen LogP contribution < -0.4 is 4.74 Å². The highest BCUT2D eigenvalue weighted by Crippen LogP contribution is 2.39. The quantitative estimate of drug-likeness (QED) is 0.366. The number of hydrogen-bond acceptors (Lipinski definition) is 6. The van der Waals surface area contributed by atoms with E-state index >= 15 is 0 Å². The van der Waals surface area contributed by atoms with Crippen molar-refractivity contribution in [2.45, 2.75) is 13.0 Å². The third kappa shape index (κ3) is 3.71. The van der Waals surface area contributed by atoms with Crippen LogP contribution in [0.5, 0.6) is 11.5 Å². The summed E-state index contributed by atoms with van der Waals surface area (Å²) in [6.45, 7) is 1.78. The van der Waals surface area contributed by atoms with Gasteiger partial charge in [-0.25, -0.2) is 9.78 Å². The number of phenolic OH excluding ortho intramolecular Hbond substituents is 1. The molecule has 1 atom stereocenters. The van der Waals surface area contributed by atoms with E-state index in [-0.39, 0.29) is 10.8 Å². The van der Waals surface area contributed by atoms with Gasteiger partial charge < -0.3 is 14.6 Å². The Morgan fingerprint density at radius 3 is 2.80 bits per heavy atom. The Labute approximate surface area is 186 Å². The molecule has 4 aromatic rings. The van der Waals surface area contributed by atoms with E-state index in [2.05, 4.69) is 4.98 Å². The number of halogens is 2. The molecule has 0 aliphatic rings. The van der Waals surface area contributed by atoms with Crippen molar-refractivity contribution in [3.8, 4) is 16.5 Å². The Morgan fingerprint density at radius 1 is 1.23 bits per heavy atom. The lowest BCUT2D eigenvalue weighted by molar-refractivity contribution is 0.0600. The van der Waals surface area contributed by atoms with Crippen LogP contribution >= 0.6 is 34.5 Å². The predicted molar refractivity (Wildman–Crippen MR) is 117 cm³/mol. The van der Waals surface area contributed by atoms with Gasteiger partial charge >= 0.3 is 5.97 Å². The van der Waals surface area contributed by atoms with Crippen molar-refractivity contribution < 1.29 is 19.4 Å². The number of benzene rings is 2. The Balaban J connectivity index is 1.76. The van der Waals surface area contributed by atoms with Crippen LogP contribution in [0.15, 0.2) is 48.8 Å². The van der Waals surface area contributed by atoms with Crippen molar-refractivity contribution in [2.24, 2.45) is 0 Å². The first-order chi connectivity index (χ1) is 14.4. The Kier molecular flexibility index (Phi) is 5.60. The molecule has 0 amide bonds. The van der Waals surface area contributed by atoms with Crippen LogP contribution in [-0.2, 0) is 4.74 Å². The normalized spacial score (nSPS) is 12.1. The summed E-state index contributed by atoms with van der Waals surface area (Å²) in [5.74, 6) is -0.207. The summed E-state index contributed by atoms with van der Waals surface area (Å²) < 4.78 is 12.8. The molecule has 0 unspecified atom stereocenters. The van der Waals surface area contributed by atoms with Crippen LogP contribution in [0.4, 0.5) is 0 Å². The van der Waals surface area contributed by atoms with E-state index in [0.29, 0.717) is 26.2 Å². The summed E-state index contributed by atoms with van der Waals surface area (Å²) in [4.78, 5) is 17.1. The first-order valence-electron chi connectivity index (χ1n) is 8.88. The van der Waals surface area contributed by atoms with E-state index in [9.17, 15) is 9.90 Å². The standard InChI is InChI=1S/C21H16Cl2N2O4S/c1-11(13-4-3-5-16(26)19(13)23)29-17-9-18(30-20(17)21(27)28-2)25-10-24-14-7-6-12(22)8-15(14)25/h3-11,26H,1-2H3/t11-/m1/s1. The largest absolute Gasteiger partial charge is 0.506 e. The summed E-state index contributed by atoms with van der Waals surface area (Å²) in [5.41, 5.74) is 2.17. The van der Waals surface area contributed by atoms with Gasteiger partial charge in [0.05, 0.1) is 23.2 Å². The number of phenols is 1. The number of esters is 1. The van der Waals surface area contributed by atoms with Crippen LogP contribution in [0.3, 0.4) is 0 Å². The highest BCUT2D eigenvalue weighted by atomic mass is 35.5. The topological polar surface area (TPSA) is 73.6 Å². The number of carbonyl (C=O) groups is 1. The van der Waals surface area contributed by atoms with Crippen LogP contribution in [-0.4, -0.2) is 27.7 Å². The van der Waals surface area contributed by atoms with Crippen molar-refractivity contribution in [2.75, 3.05) is 7.11 Å². The minimum atomic E-state index is -0.524. The fraction of sp³-hybridized carbons (Fsp3) is 0.143. The van der Waals surface area contributed by atoms with Gasteiger partial charge in [-0.2, -0.15) is 0 Å². The molecule has 1 N–H and O–H groups in total. The molecule has 0 aliphatic heterocycles. The van der Waals surface area contributed by atoms with Gasteiger partial charge in [0, 0.05) is 16.7 Å². The van der Waals surface area contributed by atoms with E-state index in [1.54, 1.807) is 43.6 Å². The minimum Gasteiger partial charge on any atom is -0.506 e. The molecule has 2 heterocycles. The molecule has 0 bridgehead atoms. The number of imidazole rings is 1.